The average molecular weight is 372 g/mol. The van der Waals surface area contributed by atoms with Crippen LogP contribution in [0.4, 0.5) is 0 Å². The van der Waals surface area contributed by atoms with Crippen molar-refractivity contribution >= 4 is 17.2 Å². The molecule has 2 bridgehead atoms. The minimum atomic E-state index is 0.280. The van der Waals surface area contributed by atoms with Gasteiger partial charge in [0.05, 0.1) is 13.1 Å². The number of nitrogens with zero attached hydrogens (tertiary/aromatic N) is 5. The molecule has 1 aliphatic carbocycles. The number of amides is 1. The Hall–Kier alpha value is -1.80. The van der Waals surface area contributed by atoms with Crippen molar-refractivity contribution in [3.05, 3.63) is 28.2 Å². The Balaban J connectivity index is 1.23. The van der Waals surface area contributed by atoms with E-state index in [1.54, 1.807) is 11.3 Å². The second kappa shape index (κ2) is 6.74. The van der Waals surface area contributed by atoms with E-state index in [0.29, 0.717) is 24.0 Å². The van der Waals surface area contributed by atoms with E-state index in [-0.39, 0.29) is 5.91 Å². The van der Waals surface area contributed by atoms with Gasteiger partial charge in [0, 0.05) is 28.9 Å². The zero-order valence-corrected chi connectivity index (χ0v) is 15.6. The summed E-state index contributed by atoms with van der Waals surface area (Å²) in [4.78, 5) is 15.9. The number of hydrogen-bond donors (Lipinski definition) is 1. The average Bonchev–Trinajstić information content (AvgIpc) is 3.12. The molecule has 2 aromatic rings. The second-order valence-electron chi connectivity index (χ2n) is 7.84. The van der Waals surface area contributed by atoms with Gasteiger partial charge in [-0.05, 0) is 60.4 Å². The van der Waals surface area contributed by atoms with E-state index in [4.69, 9.17) is 0 Å². The van der Waals surface area contributed by atoms with Crippen molar-refractivity contribution in [2.75, 3.05) is 0 Å². The molecule has 3 aliphatic rings. The normalized spacial score (nSPS) is 28.4. The number of carbonyl (C=O) groups excluding carboxylic acids is 1. The van der Waals surface area contributed by atoms with E-state index in [0.717, 1.165) is 44.6 Å². The molecule has 1 saturated carbocycles. The number of piperidine rings is 1. The largest absolute Gasteiger partial charge is 0.353 e. The lowest BCUT2D eigenvalue weighted by Gasteiger charge is -2.38. The fraction of sp³-hybridized carbons (Fsp3) is 0.667. The smallest absolute Gasteiger partial charge is 0.223 e. The third-order valence-corrected chi connectivity index (χ3v) is 6.86. The van der Waals surface area contributed by atoms with E-state index in [2.05, 4.69) is 43.3 Å². The van der Waals surface area contributed by atoms with Crippen LogP contribution in [0.2, 0.25) is 0 Å². The van der Waals surface area contributed by atoms with Gasteiger partial charge in [0.25, 0.3) is 0 Å². The molecule has 5 rings (SSSR count). The fourth-order valence-electron chi connectivity index (χ4n) is 4.49. The molecule has 2 aromatic heterocycles. The molecule has 1 unspecified atom stereocenters. The van der Waals surface area contributed by atoms with Crippen molar-refractivity contribution in [1.29, 1.82) is 0 Å². The van der Waals surface area contributed by atoms with Crippen molar-refractivity contribution in [2.24, 2.45) is 5.92 Å². The van der Waals surface area contributed by atoms with Crippen LogP contribution in [0.15, 0.2) is 17.5 Å². The molecule has 4 heterocycles. The first-order valence-electron chi connectivity index (χ1n) is 9.60. The first-order valence-corrected chi connectivity index (χ1v) is 10.5. The number of hydrogen-bond acceptors (Lipinski definition) is 6. The quantitative estimate of drug-likeness (QED) is 0.837. The van der Waals surface area contributed by atoms with Crippen molar-refractivity contribution in [1.82, 2.24) is 30.4 Å². The Kier molecular flexibility index (Phi) is 4.24. The summed E-state index contributed by atoms with van der Waals surface area (Å²) in [5.41, 5.74) is 0. The lowest BCUT2D eigenvalue weighted by Crippen LogP contribution is -2.50. The maximum atomic E-state index is 12.1. The van der Waals surface area contributed by atoms with Gasteiger partial charge in [-0.15, -0.1) is 16.4 Å². The molecule has 8 heteroatoms. The van der Waals surface area contributed by atoms with E-state index in [1.807, 2.05) is 4.68 Å². The zero-order valence-electron chi connectivity index (χ0n) is 14.8. The van der Waals surface area contributed by atoms with Gasteiger partial charge < -0.3 is 5.32 Å². The molecule has 0 aromatic carbocycles. The topological polar surface area (TPSA) is 75.9 Å². The standard InChI is InChI=1S/C18H24N6OS/c25-18(12-3-4-12)19-13-8-14-5-6-15(9-13)23(14)11-17-20-21-22-24(17)10-16-2-1-7-26-16/h1-2,7,12-15H,3-6,8-11H2,(H,19,25)/t13?,14-,15+. The minimum Gasteiger partial charge on any atom is -0.353 e. The van der Waals surface area contributed by atoms with Crippen LogP contribution in [0.5, 0.6) is 0 Å². The molecule has 0 spiro atoms. The number of carbonyl (C=O) groups is 1. The van der Waals surface area contributed by atoms with Crippen LogP contribution in [0, 0.1) is 5.92 Å². The Labute approximate surface area is 156 Å². The summed E-state index contributed by atoms with van der Waals surface area (Å²) in [5.74, 6) is 1.52. The zero-order chi connectivity index (χ0) is 17.5. The van der Waals surface area contributed by atoms with Gasteiger partial charge >= 0.3 is 0 Å². The summed E-state index contributed by atoms with van der Waals surface area (Å²) in [5, 5.41) is 17.7. The van der Waals surface area contributed by atoms with Crippen LogP contribution in [0.25, 0.3) is 0 Å². The highest BCUT2D eigenvalue weighted by Crippen LogP contribution is 2.37. The van der Waals surface area contributed by atoms with Gasteiger partial charge in [-0.2, -0.15) is 0 Å². The SMILES string of the molecule is O=C(NC1C[C@H]2CC[C@@H](C1)N2Cc1nnnn1Cc1cccs1)C1CC1. The van der Waals surface area contributed by atoms with Gasteiger partial charge in [0.15, 0.2) is 5.82 Å². The fourth-order valence-corrected chi connectivity index (χ4v) is 5.17. The predicted molar refractivity (Wildman–Crippen MR) is 97.5 cm³/mol. The third kappa shape index (κ3) is 3.27. The van der Waals surface area contributed by atoms with Gasteiger partial charge in [-0.1, -0.05) is 6.07 Å². The number of aromatic nitrogens is 4. The van der Waals surface area contributed by atoms with E-state index >= 15 is 0 Å². The van der Waals surface area contributed by atoms with E-state index < -0.39 is 0 Å². The monoisotopic (exact) mass is 372 g/mol. The second-order valence-corrected chi connectivity index (χ2v) is 8.87. The van der Waals surface area contributed by atoms with Crippen LogP contribution < -0.4 is 5.32 Å². The van der Waals surface area contributed by atoms with Gasteiger partial charge in [-0.3, -0.25) is 9.69 Å². The van der Waals surface area contributed by atoms with Crippen molar-refractivity contribution in [3.63, 3.8) is 0 Å². The summed E-state index contributed by atoms with van der Waals surface area (Å²) < 4.78 is 1.92. The summed E-state index contributed by atoms with van der Waals surface area (Å²) >= 11 is 1.73. The first-order chi connectivity index (χ1) is 12.8. The summed E-state index contributed by atoms with van der Waals surface area (Å²) in [6.45, 7) is 1.54. The number of fused-ring (bicyclic) bond motifs is 2. The molecule has 26 heavy (non-hydrogen) atoms. The maximum Gasteiger partial charge on any atom is 0.223 e. The van der Waals surface area contributed by atoms with E-state index in [1.165, 1.54) is 17.7 Å². The molecule has 2 saturated heterocycles. The van der Waals surface area contributed by atoms with Crippen LogP contribution in [0.1, 0.15) is 49.2 Å². The van der Waals surface area contributed by atoms with Gasteiger partial charge in [-0.25, -0.2) is 4.68 Å². The van der Waals surface area contributed by atoms with Crippen LogP contribution in [-0.4, -0.2) is 49.1 Å². The molecule has 1 N–H and O–H groups in total. The molecule has 1 amide bonds. The maximum absolute atomic E-state index is 12.1. The van der Waals surface area contributed by atoms with Crippen molar-refractivity contribution in [2.45, 2.75) is 69.7 Å². The Morgan fingerprint density at radius 2 is 2.00 bits per heavy atom. The molecule has 2 aliphatic heterocycles. The lowest BCUT2D eigenvalue weighted by atomic mass is 9.97. The van der Waals surface area contributed by atoms with Gasteiger partial charge in [0.1, 0.15) is 0 Å². The molecule has 3 fully saturated rings. The Morgan fingerprint density at radius 1 is 1.19 bits per heavy atom. The summed E-state index contributed by atoms with van der Waals surface area (Å²) in [7, 11) is 0. The first kappa shape index (κ1) is 16.4. The molecule has 138 valence electrons. The predicted octanol–water partition coefficient (Wildman–Crippen LogP) is 1.80. The van der Waals surface area contributed by atoms with Crippen molar-refractivity contribution in [3.8, 4) is 0 Å². The Morgan fingerprint density at radius 3 is 2.69 bits per heavy atom. The van der Waals surface area contributed by atoms with Gasteiger partial charge in [0.2, 0.25) is 5.91 Å². The highest BCUT2D eigenvalue weighted by Gasteiger charge is 2.42. The molecule has 0 radical (unpaired) electrons. The molecule has 3 atom stereocenters. The molecular weight excluding hydrogens is 348 g/mol. The van der Waals surface area contributed by atoms with Crippen LogP contribution in [-0.2, 0) is 17.9 Å². The molecular formula is C18H24N6OS. The number of nitrogens with one attached hydrogen (secondary N) is 1. The number of thiophene rings is 1. The summed E-state index contributed by atoms with van der Waals surface area (Å²) in [6.07, 6.45) is 6.69. The van der Waals surface area contributed by atoms with Crippen LogP contribution >= 0.6 is 11.3 Å². The van der Waals surface area contributed by atoms with E-state index in [9.17, 15) is 4.79 Å². The van der Waals surface area contributed by atoms with Crippen LogP contribution in [0.3, 0.4) is 0 Å². The lowest BCUT2D eigenvalue weighted by molar-refractivity contribution is -0.123. The number of rotatable bonds is 6. The number of tetrazole rings is 1. The molecule has 7 nitrogen and oxygen atoms in total. The summed E-state index contributed by atoms with van der Waals surface area (Å²) in [6, 6.07) is 5.59. The minimum absolute atomic E-state index is 0.280. The third-order valence-electron chi connectivity index (χ3n) is 5.99. The highest BCUT2D eigenvalue weighted by molar-refractivity contribution is 7.09. The van der Waals surface area contributed by atoms with Crippen molar-refractivity contribution < 1.29 is 4.79 Å². The Bertz CT molecular complexity index is 757. The highest BCUT2D eigenvalue weighted by atomic mass is 32.1.